The van der Waals surface area contributed by atoms with E-state index in [2.05, 4.69) is 39.8 Å². The fraction of sp³-hybridized carbons (Fsp3) is 0.714. The Hall–Kier alpha value is -0.680. The van der Waals surface area contributed by atoms with Crippen molar-refractivity contribution >= 4 is 21.7 Å². The van der Waals surface area contributed by atoms with Gasteiger partial charge in [-0.25, -0.2) is 0 Å². The number of carbonyl (C=O) groups is 1. The van der Waals surface area contributed by atoms with Crippen LogP contribution in [0.25, 0.3) is 0 Å². The molecule has 0 spiro atoms. The van der Waals surface area contributed by atoms with E-state index in [4.69, 9.17) is 0 Å². The van der Waals surface area contributed by atoms with E-state index in [-0.39, 0.29) is 11.3 Å². The molecule has 0 atom stereocenters. The molecule has 5 heteroatoms. The van der Waals surface area contributed by atoms with Crippen molar-refractivity contribution < 1.29 is 4.79 Å². The quantitative estimate of drug-likeness (QED) is 0.780. The minimum atomic E-state index is -0.368. The normalized spacial score (nSPS) is 17.1. The Morgan fingerprint density at radius 3 is 2.37 bits per heavy atom. The van der Waals surface area contributed by atoms with E-state index in [0.717, 1.165) is 30.4 Å². The molecular weight excluding hydrogens is 306 g/mol. The zero-order valence-corrected chi connectivity index (χ0v) is 13.5. The van der Waals surface area contributed by atoms with Gasteiger partial charge in [0.25, 0.3) is 0 Å². The maximum Gasteiger partial charge on any atom is 0.202 e. The third kappa shape index (κ3) is 2.38. The zero-order chi connectivity index (χ0) is 14.0. The summed E-state index contributed by atoms with van der Waals surface area (Å²) in [5.41, 5.74) is 0.322. The first kappa shape index (κ1) is 14.7. The van der Waals surface area contributed by atoms with Crippen LogP contribution >= 0.6 is 15.9 Å². The van der Waals surface area contributed by atoms with Crippen LogP contribution in [0.2, 0.25) is 0 Å². The van der Waals surface area contributed by atoms with Crippen molar-refractivity contribution in [2.24, 2.45) is 7.05 Å². The second-order valence-electron chi connectivity index (χ2n) is 5.23. The fourth-order valence-electron chi connectivity index (χ4n) is 3.19. The van der Waals surface area contributed by atoms with Crippen LogP contribution in [-0.4, -0.2) is 39.1 Å². The Labute approximate surface area is 123 Å². The summed E-state index contributed by atoms with van der Waals surface area (Å²) in [5.74, 6) is 0.200. The van der Waals surface area contributed by atoms with Gasteiger partial charge in [-0.3, -0.25) is 14.4 Å². The minimum Gasteiger partial charge on any atom is -0.291 e. The van der Waals surface area contributed by atoms with Gasteiger partial charge in [-0.15, -0.1) is 0 Å². The highest BCUT2D eigenvalue weighted by atomic mass is 79.9. The number of rotatable bonds is 5. The number of ketones is 1. The molecule has 0 aromatic carbocycles. The van der Waals surface area contributed by atoms with Crippen molar-refractivity contribution in [1.29, 1.82) is 0 Å². The second-order valence-corrected chi connectivity index (χ2v) is 6.08. The smallest absolute Gasteiger partial charge is 0.202 e. The number of Topliss-reactive ketones (excluding diaryl/α,β-unsaturated/α-hetero) is 1. The summed E-state index contributed by atoms with van der Waals surface area (Å²) in [5, 5.41) is 4.18. The molecule has 1 aliphatic rings. The molecule has 2 heterocycles. The van der Waals surface area contributed by atoms with Crippen LogP contribution in [-0.2, 0) is 7.05 Å². The monoisotopic (exact) mass is 327 g/mol. The molecule has 106 valence electrons. The van der Waals surface area contributed by atoms with Crippen LogP contribution in [0.5, 0.6) is 0 Å². The molecule has 0 radical (unpaired) electrons. The van der Waals surface area contributed by atoms with Gasteiger partial charge in [0.05, 0.1) is 16.2 Å². The van der Waals surface area contributed by atoms with E-state index in [0.29, 0.717) is 5.69 Å². The number of hydrogen-bond donors (Lipinski definition) is 0. The van der Waals surface area contributed by atoms with Gasteiger partial charge in [-0.05, 0) is 54.7 Å². The van der Waals surface area contributed by atoms with E-state index < -0.39 is 0 Å². The van der Waals surface area contributed by atoms with Crippen molar-refractivity contribution in [3.8, 4) is 0 Å². The molecule has 1 fully saturated rings. The summed E-state index contributed by atoms with van der Waals surface area (Å²) in [7, 11) is 1.83. The fourth-order valence-corrected chi connectivity index (χ4v) is 3.72. The van der Waals surface area contributed by atoms with Crippen molar-refractivity contribution in [3.63, 3.8) is 0 Å². The van der Waals surface area contributed by atoms with E-state index in [1.54, 1.807) is 10.9 Å². The summed E-state index contributed by atoms with van der Waals surface area (Å²) in [6.45, 7) is 6.29. The first-order valence-corrected chi connectivity index (χ1v) is 7.83. The van der Waals surface area contributed by atoms with E-state index >= 15 is 0 Å². The number of nitrogens with zero attached hydrogens (tertiary/aromatic N) is 3. The summed E-state index contributed by atoms with van der Waals surface area (Å²) >= 11 is 3.45. The molecule has 4 nitrogen and oxygen atoms in total. The number of likely N-dealkylation sites (tertiary alicyclic amines) is 1. The van der Waals surface area contributed by atoms with Crippen molar-refractivity contribution in [3.05, 3.63) is 16.4 Å². The lowest BCUT2D eigenvalue weighted by molar-refractivity contribution is 0.0570. The first-order valence-electron chi connectivity index (χ1n) is 7.04. The van der Waals surface area contributed by atoms with Gasteiger partial charge in [-0.1, -0.05) is 13.8 Å². The van der Waals surface area contributed by atoms with E-state index in [1.807, 2.05) is 7.05 Å². The maximum absolute atomic E-state index is 13.1. The molecule has 1 saturated heterocycles. The summed E-state index contributed by atoms with van der Waals surface area (Å²) < 4.78 is 2.48. The Kier molecular flexibility index (Phi) is 4.46. The molecule has 0 amide bonds. The number of hydrogen-bond acceptors (Lipinski definition) is 3. The van der Waals surface area contributed by atoms with Crippen LogP contribution in [0.1, 0.15) is 50.0 Å². The predicted molar refractivity (Wildman–Crippen MR) is 79.4 cm³/mol. The molecule has 19 heavy (non-hydrogen) atoms. The van der Waals surface area contributed by atoms with Crippen molar-refractivity contribution in [2.75, 3.05) is 13.1 Å². The van der Waals surface area contributed by atoms with Gasteiger partial charge in [0.1, 0.15) is 5.69 Å². The van der Waals surface area contributed by atoms with E-state index in [9.17, 15) is 4.79 Å². The molecule has 2 rings (SSSR count). The number of halogens is 1. The molecule has 0 aliphatic carbocycles. The maximum atomic E-state index is 13.1. The van der Waals surface area contributed by atoms with Crippen LogP contribution in [0, 0.1) is 0 Å². The van der Waals surface area contributed by atoms with Crippen LogP contribution in [0.3, 0.4) is 0 Å². The Bertz CT molecular complexity index is 440. The van der Waals surface area contributed by atoms with Gasteiger partial charge in [-0.2, -0.15) is 5.10 Å². The summed E-state index contributed by atoms with van der Waals surface area (Å²) in [6.07, 6.45) is 5.79. The lowest BCUT2D eigenvalue weighted by Crippen LogP contribution is -2.53. The van der Waals surface area contributed by atoms with Crippen molar-refractivity contribution in [1.82, 2.24) is 14.7 Å². The SMILES string of the molecule is CCC(CC)(C(=O)c1c(Br)cnn1C)N1CCCC1. The molecule has 1 aliphatic heterocycles. The Morgan fingerprint density at radius 2 is 1.95 bits per heavy atom. The van der Waals surface area contributed by atoms with Crippen LogP contribution < -0.4 is 0 Å². The average molecular weight is 328 g/mol. The summed E-state index contributed by atoms with van der Waals surface area (Å²) in [4.78, 5) is 15.5. The summed E-state index contributed by atoms with van der Waals surface area (Å²) in [6, 6.07) is 0. The van der Waals surface area contributed by atoms with Gasteiger partial charge >= 0.3 is 0 Å². The number of aromatic nitrogens is 2. The van der Waals surface area contributed by atoms with Gasteiger partial charge < -0.3 is 0 Å². The minimum absolute atomic E-state index is 0.200. The lowest BCUT2D eigenvalue weighted by Gasteiger charge is -2.39. The Morgan fingerprint density at radius 1 is 1.37 bits per heavy atom. The molecule has 0 N–H and O–H groups in total. The van der Waals surface area contributed by atoms with Crippen LogP contribution in [0.4, 0.5) is 0 Å². The highest BCUT2D eigenvalue weighted by Crippen LogP contribution is 2.33. The zero-order valence-electron chi connectivity index (χ0n) is 11.9. The van der Waals surface area contributed by atoms with Gasteiger partial charge in [0.15, 0.2) is 0 Å². The molecular formula is C14H22BrN3O. The third-order valence-corrected chi connectivity index (χ3v) is 4.99. The molecule has 0 bridgehead atoms. The number of aryl methyl sites for hydroxylation is 1. The molecule has 1 aromatic rings. The largest absolute Gasteiger partial charge is 0.291 e. The van der Waals surface area contributed by atoms with Crippen molar-refractivity contribution in [2.45, 2.75) is 45.1 Å². The number of carbonyl (C=O) groups excluding carboxylic acids is 1. The predicted octanol–water partition coefficient (Wildman–Crippen LogP) is 3.02. The van der Waals surface area contributed by atoms with Crippen LogP contribution in [0.15, 0.2) is 10.7 Å². The highest BCUT2D eigenvalue weighted by Gasteiger charge is 2.43. The average Bonchev–Trinajstić information content (AvgIpc) is 3.03. The lowest BCUT2D eigenvalue weighted by atomic mass is 9.84. The van der Waals surface area contributed by atoms with Gasteiger partial charge in [0, 0.05) is 7.05 Å². The standard InChI is InChI=1S/C14H22BrN3O/c1-4-14(5-2,18-8-6-7-9-18)13(19)12-11(15)10-16-17(12)3/h10H,4-9H2,1-3H3. The first-order chi connectivity index (χ1) is 9.06. The Balaban J connectivity index is 2.41. The van der Waals surface area contributed by atoms with Gasteiger partial charge in [0.2, 0.25) is 5.78 Å². The highest BCUT2D eigenvalue weighted by molar-refractivity contribution is 9.10. The van der Waals surface area contributed by atoms with E-state index in [1.165, 1.54) is 12.8 Å². The second kappa shape index (κ2) is 5.75. The molecule has 0 saturated carbocycles. The topological polar surface area (TPSA) is 38.1 Å². The molecule has 1 aromatic heterocycles. The molecule has 0 unspecified atom stereocenters. The third-order valence-electron chi connectivity index (χ3n) is 4.41.